The van der Waals surface area contributed by atoms with Crippen molar-refractivity contribution in [2.75, 3.05) is 26.4 Å². The molecular formula is C14H26N2O3S. The van der Waals surface area contributed by atoms with Gasteiger partial charge >= 0.3 is 0 Å². The molecule has 0 bridgehead atoms. The molecule has 20 heavy (non-hydrogen) atoms. The van der Waals surface area contributed by atoms with Crippen LogP contribution < -0.4 is 0 Å². The lowest BCUT2D eigenvalue weighted by Gasteiger charge is -2.25. The summed E-state index contributed by atoms with van der Waals surface area (Å²) in [5, 5.41) is 0. The predicted molar refractivity (Wildman–Crippen MR) is 78.8 cm³/mol. The van der Waals surface area contributed by atoms with Crippen LogP contribution in [0.4, 0.5) is 0 Å². The Balaban J connectivity index is 1.90. The smallest absolute Gasteiger partial charge is 0.240 e. The second-order valence-electron chi connectivity index (χ2n) is 6.19. The monoisotopic (exact) mass is 302 g/mol. The Morgan fingerprint density at radius 2 is 1.85 bits per heavy atom. The van der Waals surface area contributed by atoms with E-state index in [9.17, 15) is 13.2 Å². The molecule has 2 aliphatic rings. The van der Waals surface area contributed by atoms with E-state index in [4.69, 9.17) is 0 Å². The highest BCUT2D eigenvalue weighted by molar-refractivity contribution is 7.89. The number of hydrogen-bond donors (Lipinski definition) is 0. The van der Waals surface area contributed by atoms with Gasteiger partial charge in [0.15, 0.2) is 0 Å². The first-order valence-electron chi connectivity index (χ1n) is 7.62. The average molecular weight is 302 g/mol. The maximum absolute atomic E-state index is 12.4. The Labute approximate surface area is 122 Å². The molecule has 1 saturated carbocycles. The molecule has 1 atom stereocenters. The van der Waals surface area contributed by atoms with Gasteiger partial charge in [-0.15, -0.1) is 0 Å². The van der Waals surface area contributed by atoms with Crippen molar-refractivity contribution in [3.05, 3.63) is 0 Å². The van der Waals surface area contributed by atoms with Gasteiger partial charge in [0.05, 0.1) is 5.75 Å². The van der Waals surface area contributed by atoms with Crippen molar-refractivity contribution in [1.82, 2.24) is 9.21 Å². The Hall–Kier alpha value is -0.620. The summed E-state index contributed by atoms with van der Waals surface area (Å²) in [5.41, 5.74) is 0. The summed E-state index contributed by atoms with van der Waals surface area (Å²) in [7, 11) is -0.0331. The molecule has 0 aromatic carbocycles. The number of likely N-dealkylation sites (tertiary alicyclic amines) is 1. The van der Waals surface area contributed by atoms with Crippen LogP contribution in [0.2, 0.25) is 0 Å². The minimum absolute atomic E-state index is 0.0752. The van der Waals surface area contributed by atoms with E-state index in [1.807, 2.05) is 0 Å². The van der Waals surface area contributed by atoms with Crippen LogP contribution in [-0.2, 0) is 14.8 Å². The van der Waals surface area contributed by atoms with Crippen LogP contribution in [0.1, 0.15) is 44.9 Å². The van der Waals surface area contributed by atoms with E-state index < -0.39 is 16.1 Å². The highest BCUT2D eigenvalue weighted by atomic mass is 32.2. The number of amides is 1. The second kappa shape index (κ2) is 6.43. The molecule has 1 aliphatic carbocycles. The highest BCUT2D eigenvalue weighted by Crippen LogP contribution is 2.27. The van der Waals surface area contributed by atoms with E-state index in [0.717, 1.165) is 19.3 Å². The zero-order valence-electron chi connectivity index (χ0n) is 12.5. The second-order valence-corrected chi connectivity index (χ2v) is 8.34. The first-order chi connectivity index (χ1) is 9.42. The summed E-state index contributed by atoms with van der Waals surface area (Å²) in [6.07, 6.45) is 7.40. The lowest BCUT2D eigenvalue weighted by atomic mass is 9.88. The van der Waals surface area contributed by atoms with Crippen LogP contribution in [0.5, 0.6) is 0 Å². The van der Waals surface area contributed by atoms with Gasteiger partial charge in [-0.05, 0) is 18.8 Å². The zero-order chi connectivity index (χ0) is 14.8. The Kier molecular flexibility index (Phi) is 5.07. The van der Waals surface area contributed by atoms with Gasteiger partial charge in [-0.2, -0.15) is 4.31 Å². The number of hydrogen-bond acceptors (Lipinski definition) is 3. The van der Waals surface area contributed by atoms with Crippen LogP contribution in [0.25, 0.3) is 0 Å². The predicted octanol–water partition coefficient (Wildman–Crippen LogP) is 1.45. The lowest BCUT2D eigenvalue weighted by Crippen LogP contribution is -2.43. The van der Waals surface area contributed by atoms with E-state index in [-0.39, 0.29) is 11.7 Å². The molecule has 1 heterocycles. The third-order valence-electron chi connectivity index (χ3n) is 4.79. The maximum atomic E-state index is 12.4. The van der Waals surface area contributed by atoms with E-state index in [1.54, 1.807) is 19.0 Å². The molecule has 0 radical (unpaired) electrons. The minimum Gasteiger partial charge on any atom is -0.344 e. The Bertz CT molecular complexity index is 443. The van der Waals surface area contributed by atoms with Gasteiger partial charge < -0.3 is 4.90 Å². The maximum Gasteiger partial charge on any atom is 0.240 e. The molecule has 116 valence electrons. The quantitative estimate of drug-likeness (QED) is 0.772. The first kappa shape index (κ1) is 15.8. The molecule has 2 fully saturated rings. The van der Waals surface area contributed by atoms with Crippen molar-refractivity contribution in [2.45, 2.75) is 51.0 Å². The summed E-state index contributed by atoms with van der Waals surface area (Å²) < 4.78 is 26.0. The standard InChI is InChI=1S/C14H26N2O3S/c1-15-10-8-13(14(15)17)16(2)20(18,19)11-9-12-6-4-3-5-7-12/h12-13H,3-11H2,1-2H3. The normalized spacial score (nSPS) is 25.6. The molecule has 0 spiro atoms. The van der Waals surface area contributed by atoms with Gasteiger partial charge in [-0.25, -0.2) is 8.42 Å². The Morgan fingerprint density at radius 3 is 2.40 bits per heavy atom. The molecule has 1 saturated heterocycles. The van der Waals surface area contributed by atoms with Gasteiger partial charge in [0.25, 0.3) is 0 Å². The van der Waals surface area contributed by atoms with Crippen LogP contribution in [0, 0.1) is 5.92 Å². The van der Waals surface area contributed by atoms with Crippen LogP contribution in [0.15, 0.2) is 0 Å². The molecule has 2 rings (SSSR count). The molecule has 1 unspecified atom stereocenters. The summed E-state index contributed by atoms with van der Waals surface area (Å²) in [5.74, 6) is 0.657. The molecule has 5 nitrogen and oxygen atoms in total. The van der Waals surface area contributed by atoms with Gasteiger partial charge in [0.1, 0.15) is 6.04 Å². The highest BCUT2D eigenvalue weighted by Gasteiger charge is 2.37. The van der Waals surface area contributed by atoms with Gasteiger partial charge in [-0.1, -0.05) is 32.1 Å². The molecule has 6 heteroatoms. The van der Waals surface area contributed by atoms with Crippen LogP contribution >= 0.6 is 0 Å². The van der Waals surface area contributed by atoms with Gasteiger partial charge in [0.2, 0.25) is 15.9 Å². The van der Waals surface area contributed by atoms with Crippen LogP contribution in [-0.4, -0.2) is 56.0 Å². The average Bonchev–Trinajstić information content (AvgIpc) is 2.77. The van der Waals surface area contributed by atoms with Crippen molar-refractivity contribution in [2.24, 2.45) is 5.92 Å². The van der Waals surface area contributed by atoms with Crippen molar-refractivity contribution in [3.8, 4) is 0 Å². The van der Waals surface area contributed by atoms with Crippen molar-refractivity contribution >= 4 is 15.9 Å². The van der Waals surface area contributed by atoms with E-state index in [1.165, 1.54) is 23.6 Å². The third kappa shape index (κ3) is 3.52. The lowest BCUT2D eigenvalue weighted by molar-refractivity contribution is -0.129. The largest absolute Gasteiger partial charge is 0.344 e. The van der Waals surface area contributed by atoms with E-state index >= 15 is 0 Å². The van der Waals surface area contributed by atoms with Crippen molar-refractivity contribution < 1.29 is 13.2 Å². The van der Waals surface area contributed by atoms with E-state index in [0.29, 0.717) is 18.9 Å². The molecule has 1 aliphatic heterocycles. The summed E-state index contributed by atoms with van der Waals surface area (Å²) in [6, 6.07) is -0.489. The molecule has 0 aromatic heterocycles. The van der Waals surface area contributed by atoms with Gasteiger partial charge in [0, 0.05) is 20.6 Å². The van der Waals surface area contributed by atoms with Crippen molar-refractivity contribution in [1.29, 1.82) is 0 Å². The third-order valence-corrected chi connectivity index (χ3v) is 6.67. The molecule has 0 N–H and O–H groups in total. The Morgan fingerprint density at radius 1 is 1.20 bits per heavy atom. The number of carbonyl (C=O) groups is 1. The fourth-order valence-corrected chi connectivity index (χ4v) is 4.77. The summed E-state index contributed by atoms with van der Waals surface area (Å²) >= 11 is 0. The molecule has 1 amide bonds. The SMILES string of the molecule is CN1CCC(N(C)S(=O)(=O)CCC2CCCCC2)C1=O. The van der Waals surface area contributed by atoms with Gasteiger partial charge in [-0.3, -0.25) is 4.79 Å². The number of sulfonamides is 1. The fraction of sp³-hybridized carbons (Fsp3) is 0.929. The summed E-state index contributed by atoms with van der Waals surface area (Å²) in [4.78, 5) is 13.5. The molecular weight excluding hydrogens is 276 g/mol. The first-order valence-corrected chi connectivity index (χ1v) is 9.23. The minimum atomic E-state index is -3.31. The van der Waals surface area contributed by atoms with Crippen molar-refractivity contribution in [3.63, 3.8) is 0 Å². The fourth-order valence-electron chi connectivity index (χ4n) is 3.27. The number of carbonyl (C=O) groups excluding carboxylic acids is 1. The number of nitrogens with zero attached hydrogens (tertiary/aromatic N) is 2. The molecule has 0 aromatic rings. The summed E-state index contributed by atoms with van der Waals surface area (Å²) in [6.45, 7) is 0.645. The number of likely N-dealkylation sites (N-methyl/N-ethyl adjacent to an activating group) is 2. The topological polar surface area (TPSA) is 57.7 Å². The van der Waals surface area contributed by atoms with Crippen LogP contribution in [0.3, 0.4) is 0 Å². The number of rotatable bonds is 5. The zero-order valence-corrected chi connectivity index (χ0v) is 13.4. The van der Waals surface area contributed by atoms with E-state index in [2.05, 4.69) is 0 Å².